The van der Waals surface area contributed by atoms with E-state index in [9.17, 15) is 15.0 Å². The smallest absolute Gasteiger partial charge is 0.335 e. The summed E-state index contributed by atoms with van der Waals surface area (Å²) in [5, 5.41) is 23.4. The zero-order valence-electron chi connectivity index (χ0n) is 22.3. The molecule has 0 bridgehead atoms. The number of aliphatic hydroxyl groups excluding tert-OH is 1. The lowest BCUT2D eigenvalue weighted by Crippen LogP contribution is -2.46. The van der Waals surface area contributed by atoms with Crippen molar-refractivity contribution in [2.45, 2.75) is 65.7 Å². The van der Waals surface area contributed by atoms with Gasteiger partial charge in [-0.2, -0.15) is 0 Å². The average molecular weight is 490 g/mol. The molecule has 192 valence electrons. The molecule has 0 heterocycles. The van der Waals surface area contributed by atoms with Gasteiger partial charge in [-0.05, 0) is 93.0 Å². The van der Waals surface area contributed by atoms with Crippen molar-refractivity contribution in [1.82, 2.24) is 5.32 Å². The van der Waals surface area contributed by atoms with E-state index in [4.69, 9.17) is 4.74 Å². The molecule has 0 aliphatic heterocycles. The molecule has 0 aliphatic carbocycles. The molecular weight excluding hydrogens is 450 g/mol. The number of hydrogen-bond donors (Lipinski definition) is 3. The zero-order valence-corrected chi connectivity index (χ0v) is 22.3. The van der Waals surface area contributed by atoms with Crippen LogP contribution in [0.15, 0.2) is 60.7 Å². The second-order valence-electron chi connectivity index (χ2n) is 10.4. The van der Waals surface area contributed by atoms with E-state index < -0.39 is 12.1 Å². The van der Waals surface area contributed by atoms with Crippen LogP contribution in [0.5, 0.6) is 0 Å². The van der Waals surface area contributed by atoms with Crippen LogP contribution in [0, 0.1) is 20.8 Å². The number of aliphatic hydroxyl groups is 1. The largest absolute Gasteiger partial charge is 0.478 e. The van der Waals surface area contributed by atoms with Gasteiger partial charge in [0.05, 0.1) is 24.4 Å². The molecule has 3 aromatic rings. The normalized spacial score (nSPS) is 13.4. The Labute approximate surface area is 215 Å². The Morgan fingerprint density at radius 1 is 0.972 bits per heavy atom. The molecule has 2 unspecified atom stereocenters. The van der Waals surface area contributed by atoms with Crippen molar-refractivity contribution in [3.05, 3.63) is 94.0 Å². The van der Waals surface area contributed by atoms with Crippen LogP contribution in [-0.4, -0.2) is 41.0 Å². The zero-order chi connectivity index (χ0) is 26.5. The fourth-order valence-electron chi connectivity index (χ4n) is 4.47. The Hall–Kier alpha value is -2.99. The number of β-amino-alcohol motifs (C(OH)–C–C–N with tert-alkyl or cyclic N) is 1. The van der Waals surface area contributed by atoms with E-state index in [0.717, 1.165) is 23.1 Å². The minimum absolute atomic E-state index is 0.166. The van der Waals surface area contributed by atoms with Crippen LogP contribution < -0.4 is 5.32 Å². The average Bonchev–Trinajstić information content (AvgIpc) is 2.83. The van der Waals surface area contributed by atoms with Gasteiger partial charge >= 0.3 is 5.97 Å². The molecule has 0 aliphatic rings. The third-order valence-electron chi connectivity index (χ3n) is 6.74. The third kappa shape index (κ3) is 7.26. The summed E-state index contributed by atoms with van der Waals surface area (Å²) in [4.78, 5) is 11.4. The summed E-state index contributed by atoms with van der Waals surface area (Å²) in [5.41, 5.74) is 7.64. The second kappa shape index (κ2) is 11.8. The predicted octanol–water partition coefficient (Wildman–Crippen LogP) is 6.03. The van der Waals surface area contributed by atoms with Crippen molar-refractivity contribution in [3.63, 3.8) is 0 Å². The number of aromatic carboxylic acids is 1. The van der Waals surface area contributed by atoms with Gasteiger partial charge in [-0.25, -0.2) is 4.79 Å². The highest BCUT2D eigenvalue weighted by Gasteiger charge is 2.21. The molecular formula is C31H39NO4. The molecule has 0 amide bonds. The number of carbonyl (C=O) groups is 1. The number of ether oxygens (including phenoxy) is 1. The summed E-state index contributed by atoms with van der Waals surface area (Å²) < 4.78 is 6.07. The minimum atomic E-state index is -0.927. The number of hydrogen-bond acceptors (Lipinski definition) is 4. The van der Waals surface area contributed by atoms with E-state index >= 15 is 0 Å². The number of carboxylic acids is 1. The van der Waals surface area contributed by atoms with Gasteiger partial charge in [-0.3, -0.25) is 0 Å². The standard InChI is InChI=1S/C31H39NO4/c1-20-11-12-24(15-21(20)2)17-31(5,6)32-18-26(33)19-36-23(4)28-9-7-8-10-29(28)25-13-14-27(30(34)35)22(3)16-25/h7-16,23,26,32-33H,17-19H2,1-6H3,(H,34,35). The Morgan fingerprint density at radius 3 is 2.36 bits per heavy atom. The molecule has 3 rings (SSSR count). The van der Waals surface area contributed by atoms with Gasteiger partial charge in [0.25, 0.3) is 0 Å². The van der Waals surface area contributed by atoms with Crippen LogP contribution >= 0.6 is 0 Å². The molecule has 0 fully saturated rings. The highest BCUT2D eigenvalue weighted by Crippen LogP contribution is 2.31. The monoisotopic (exact) mass is 489 g/mol. The van der Waals surface area contributed by atoms with Gasteiger partial charge < -0.3 is 20.3 Å². The van der Waals surface area contributed by atoms with Gasteiger partial charge in [0, 0.05) is 12.1 Å². The Morgan fingerprint density at radius 2 is 1.69 bits per heavy atom. The second-order valence-corrected chi connectivity index (χ2v) is 10.4. The molecule has 2 atom stereocenters. The van der Waals surface area contributed by atoms with Crippen LogP contribution in [0.1, 0.15) is 65.1 Å². The van der Waals surface area contributed by atoms with Crippen molar-refractivity contribution >= 4 is 5.97 Å². The van der Waals surface area contributed by atoms with Crippen molar-refractivity contribution in [2.75, 3.05) is 13.2 Å². The van der Waals surface area contributed by atoms with Crippen LogP contribution in [0.25, 0.3) is 11.1 Å². The first-order chi connectivity index (χ1) is 17.0. The SMILES string of the molecule is Cc1ccc(CC(C)(C)NCC(O)COC(C)c2ccccc2-c2ccc(C(=O)O)c(C)c2)cc1C. The van der Waals surface area contributed by atoms with Crippen molar-refractivity contribution < 1.29 is 19.7 Å². The van der Waals surface area contributed by atoms with Gasteiger partial charge in [-0.1, -0.05) is 54.6 Å². The van der Waals surface area contributed by atoms with Gasteiger partial charge in [0.1, 0.15) is 0 Å². The van der Waals surface area contributed by atoms with Gasteiger partial charge in [0.2, 0.25) is 0 Å². The van der Waals surface area contributed by atoms with Gasteiger partial charge in [0.15, 0.2) is 0 Å². The topological polar surface area (TPSA) is 78.8 Å². The summed E-state index contributed by atoms with van der Waals surface area (Å²) in [5.74, 6) is -0.927. The molecule has 3 aromatic carbocycles. The molecule has 0 spiro atoms. The Balaban J connectivity index is 1.59. The summed E-state index contributed by atoms with van der Waals surface area (Å²) in [6.45, 7) is 13.0. The number of aryl methyl sites for hydroxylation is 3. The lowest BCUT2D eigenvalue weighted by Gasteiger charge is -2.28. The maximum atomic E-state index is 11.4. The molecule has 0 radical (unpaired) electrons. The van der Waals surface area contributed by atoms with Crippen LogP contribution in [0.4, 0.5) is 0 Å². The number of carboxylic acid groups (broad SMARTS) is 1. The predicted molar refractivity (Wildman–Crippen MR) is 146 cm³/mol. The van der Waals surface area contributed by atoms with Crippen LogP contribution in [0.2, 0.25) is 0 Å². The number of benzene rings is 3. The first-order valence-electron chi connectivity index (χ1n) is 12.5. The summed E-state index contributed by atoms with van der Waals surface area (Å²) >= 11 is 0. The van der Waals surface area contributed by atoms with Crippen LogP contribution in [0.3, 0.4) is 0 Å². The highest BCUT2D eigenvalue weighted by molar-refractivity contribution is 5.90. The maximum Gasteiger partial charge on any atom is 0.335 e. The Bertz CT molecular complexity index is 1200. The van der Waals surface area contributed by atoms with E-state index in [2.05, 4.69) is 51.2 Å². The third-order valence-corrected chi connectivity index (χ3v) is 6.74. The lowest BCUT2D eigenvalue weighted by molar-refractivity contribution is -0.00397. The van der Waals surface area contributed by atoms with E-state index in [1.54, 1.807) is 13.0 Å². The fourth-order valence-corrected chi connectivity index (χ4v) is 4.47. The van der Waals surface area contributed by atoms with E-state index in [0.29, 0.717) is 17.7 Å². The van der Waals surface area contributed by atoms with E-state index in [-0.39, 0.29) is 18.2 Å². The molecule has 0 saturated heterocycles. The maximum absolute atomic E-state index is 11.4. The summed E-state index contributed by atoms with van der Waals surface area (Å²) in [7, 11) is 0. The minimum Gasteiger partial charge on any atom is -0.478 e. The molecule has 5 nitrogen and oxygen atoms in total. The Kier molecular flexibility index (Phi) is 9.07. The lowest BCUT2D eigenvalue weighted by atomic mass is 9.93. The molecule has 36 heavy (non-hydrogen) atoms. The summed E-state index contributed by atoms with van der Waals surface area (Å²) in [6.07, 6.45) is -0.0134. The molecule has 5 heteroatoms. The quantitative estimate of drug-likeness (QED) is 0.307. The summed E-state index contributed by atoms with van der Waals surface area (Å²) in [6, 6.07) is 19.9. The van der Waals surface area contributed by atoms with Gasteiger partial charge in [-0.15, -0.1) is 0 Å². The molecule has 3 N–H and O–H groups in total. The first kappa shape index (κ1) is 27.6. The van der Waals surface area contributed by atoms with Crippen molar-refractivity contribution in [3.8, 4) is 11.1 Å². The van der Waals surface area contributed by atoms with Crippen LogP contribution in [-0.2, 0) is 11.2 Å². The van der Waals surface area contributed by atoms with Crippen molar-refractivity contribution in [2.24, 2.45) is 0 Å². The number of rotatable bonds is 11. The number of nitrogens with one attached hydrogen (secondary N) is 1. The molecule has 0 aromatic heterocycles. The highest BCUT2D eigenvalue weighted by atomic mass is 16.5. The van der Waals surface area contributed by atoms with E-state index in [1.807, 2.05) is 43.3 Å². The van der Waals surface area contributed by atoms with E-state index in [1.165, 1.54) is 16.7 Å². The van der Waals surface area contributed by atoms with Crippen molar-refractivity contribution in [1.29, 1.82) is 0 Å². The molecule has 0 saturated carbocycles. The first-order valence-corrected chi connectivity index (χ1v) is 12.5. The fraction of sp³-hybridized carbons (Fsp3) is 0.387.